The van der Waals surface area contributed by atoms with Gasteiger partial charge in [-0.2, -0.15) is 4.31 Å². The number of nitrogens with zero attached hydrogens (tertiary/aromatic N) is 1. The lowest BCUT2D eigenvalue weighted by molar-refractivity contribution is -0.134. The minimum atomic E-state index is -3.83. The summed E-state index contributed by atoms with van der Waals surface area (Å²) < 4.78 is 25.6. The molecule has 0 saturated carbocycles. The molecule has 1 heterocycles. The Balaban J connectivity index is 2.19. The molecular weight excluding hydrogens is 294 g/mol. The number of hydrogen-bond donors (Lipinski definition) is 2. The maximum absolute atomic E-state index is 12.4. The van der Waals surface area contributed by atoms with Crippen molar-refractivity contribution >= 4 is 21.8 Å². The van der Waals surface area contributed by atoms with Crippen molar-refractivity contribution in [3.63, 3.8) is 0 Å². The fourth-order valence-electron chi connectivity index (χ4n) is 1.98. The molecule has 0 radical (unpaired) electrons. The smallest absolute Gasteiger partial charge is 0.244 e. The molecule has 2 amide bonds. The summed E-state index contributed by atoms with van der Waals surface area (Å²) in [5, 5.41) is 5.21. The number of rotatable bonds is 5. The highest BCUT2D eigenvalue weighted by molar-refractivity contribution is 7.89. The second-order valence-corrected chi connectivity index (χ2v) is 6.61. The van der Waals surface area contributed by atoms with Crippen LogP contribution in [0.25, 0.3) is 0 Å². The third kappa shape index (κ3) is 3.66. The van der Waals surface area contributed by atoms with E-state index in [9.17, 15) is 18.0 Å². The van der Waals surface area contributed by atoms with Crippen LogP contribution in [0.1, 0.15) is 12.5 Å². The van der Waals surface area contributed by atoms with Crippen molar-refractivity contribution in [1.29, 1.82) is 0 Å². The van der Waals surface area contributed by atoms with Crippen molar-refractivity contribution < 1.29 is 18.0 Å². The molecule has 0 bridgehead atoms. The van der Waals surface area contributed by atoms with Crippen LogP contribution in [0.3, 0.4) is 0 Å². The number of carbonyl (C=O) groups excluding carboxylic acids is 2. The zero-order valence-electron chi connectivity index (χ0n) is 11.6. The van der Waals surface area contributed by atoms with E-state index in [-0.39, 0.29) is 18.0 Å². The summed E-state index contributed by atoms with van der Waals surface area (Å²) in [6.07, 6.45) is 0. The summed E-state index contributed by atoms with van der Waals surface area (Å²) in [7, 11) is -3.83. The van der Waals surface area contributed by atoms with E-state index in [1.54, 1.807) is 12.1 Å². The number of benzene rings is 1. The van der Waals surface area contributed by atoms with E-state index < -0.39 is 21.8 Å². The molecule has 8 heteroatoms. The summed E-state index contributed by atoms with van der Waals surface area (Å²) in [6, 6.07) is 6.39. The highest BCUT2D eigenvalue weighted by atomic mass is 32.2. The van der Waals surface area contributed by atoms with Crippen LogP contribution in [0.15, 0.2) is 29.2 Å². The Morgan fingerprint density at radius 3 is 2.24 bits per heavy atom. The van der Waals surface area contributed by atoms with Crippen LogP contribution >= 0.6 is 0 Å². The van der Waals surface area contributed by atoms with Crippen LogP contribution in [0.4, 0.5) is 0 Å². The Bertz CT molecular complexity index is 624. The second kappa shape index (κ2) is 6.33. The molecule has 1 aliphatic rings. The molecule has 0 spiro atoms. The number of piperazine rings is 1. The van der Waals surface area contributed by atoms with Crippen LogP contribution in [0.2, 0.25) is 0 Å². The standard InChI is InChI=1S/C13H17N3O4S/c1-2-14-7-10-3-5-11(6-4-10)21(19,20)16-8-12(17)15-13(18)9-16/h3-6,14H,2,7-9H2,1H3,(H,15,17,18). The molecule has 1 aromatic rings. The highest BCUT2D eigenvalue weighted by Crippen LogP contribution is 2.17. The molecule has 1 aliphatic heterocycles. The summed E-state index contributed by atoms with van der Waals surface area (Å²) >= 11 is 0. The van der Waals surface area contributed by atoms with Crippen molar-refractivity contribution in [3.8, 4) is 0 Å². The second-order valence-electron chi connectivity index (χ2n) is 4.67. The van der Waals surface area contributed by atoms with Crippen LogP contribution in [0, 0.1) is 0 Å². The lowest BCUT2D eigenvalue weighted by Crippen LogP contribution is -2.53. The molecule has 0 unspecified atom stereocenters. The first-order valence-corrected chi connectivity index (χ1v) is 8.00. The van der Waals surface area contributed by atoms with Gasteiger partial charge in [-0.05, 0) is 24.2 Å². The van der Waals surface area contributed by atoms with E-state index in [0.717, 1.165) is 16.4 Å². The number of sulfonamides is 1. The fourth-order valence-corrected chi connectivity index (χ4v) is 3.33. The van der Waals surface area contributed by atoms with Gasteiger partial charge in [-0.3, -0.25) is 14.9 Å². The van der Waals surface area contributed by atoms with Gasteiger partial charge in [-0.25, -0.2) is 8.42 Å². The molecule has 21 heavy (non-hydrogen) atoms. The summed E-state index contributed by atoms with van der Waals surface area (Å²) in [5.41, 5.74) is 0.961. The maximum Gasteiger partial charge on any atom is 0.244 e. The Kier molecular flexibility index (Phi) is 4.71. The van der Waals surface area contributed by atoms with E-state index in [0.29, 0.717) is 6.54 Å². The lowest BCUT2D eigenvalue weighted by Gasteiger charge is -2.24. The van der Waals surface area contributed by atoms with Gasteiger partial charge in [0, 0.05) is 6.54 Å². The third-order valence-electron chi connectivity index (χ3n) is 3.06. The van der Waals surface area contributed by atoms with Crippen molar-refractivity contribution in [2.24, 2.45) is 0 Å². The zero-order chi connectivity index (χ0) is 15.5. The summed E-state index contributed by atoms with van der Waals surface area (Å²) in [4.78, 5) is 22.7. The molecule has 0 aliphatic carbocycles. The fraction of sp³-hybridized carbons (Fsp3) is 0.385. The molecule has 114 valence electrons. The third-order valence-corrected chi connectivity index (χ3v) is 4.86. The largest absolute Gasteiger partial charge is 0.313 e. The van der Waals surface area contributed by atoms with Gasteiger partial charge >= 0.3 is 0 Å². The Labute approximate surface area is 123 Å². The summed E-state index contributed by atoms with van der Waals surface area (Å²) in [6.45, 7) is 2.78. The van der Waals surface area contributed by atoms with E-state index in [1.807, 2.05) is 6.92 Å². The Morgan fingerprint density at radius 1 is 1.14 bits per heavy atom. The maximum atomic E-state index is 12.4. The SMILES string of the molecule is CCNCc1ccc(S(=O)(=O)N2CC(=O)NC(=O)C2)cc1. The lowest BCUT2D eigenvalue weighted by atomic mass is 10.2. The van der Waals surface area contributed by atoms with Crippen molar-refractivity contribution in [2.45, 2.75) is 18.4 Å². The number of hydrogen-bond acceptors (Lipinski definition) is 5. The van der Waals surface area contributed by atoms with Crippen molar-refractivity contribution in [1.82, 2.24) is 14.9 Å². The first-order chi connectivity index (χ1) is 9.93. The molecule has 2 N–H and O–H groups in total. The van der Waals surface area contributed by atoms with Gasteiger partial charge in [0.15, 0.2) is 0 Å². The average Bonchev–Trinajstić information content (AvgIpc) is 2.44. The Hall–Kier alpha value is -1.77. The van der Waals surface area contributed by atoms with Gasteiger partial charge in [0.25, 0.3) is 0 Å². The van der Waals surface area contributed by atoms with Gasteiger partial charge in [-0.1, -0.05) is 19.1 Å². The molecule has 0 atom stereocenters. The number of nitrogens with one attached hydrogen (secondary N) is 2. The predicted molar refractivity (Wildman–Crippen MR) is 75.7 cm³/mol. The van der Waals surface area contributed by atoms with Gasteiger partial charge in [-0.15, -0.1) is 0 Å². The molecule has 7 nitrogen and oxygen atoms in total. The van der Waals surface area contributed by atoms with E-state index >= 15 is 0 Å². The van der Waals surface area contributed by atoms with Gasteiger partial charge in [0.2, 0.25) is 21.8 Å². The van der Waals surface area contributed by atoms with Crippen molar-refractivity contribution in [3.05, 3.63) is 29.8 Å². The first kappa shape index (κ1) is 15.6. The normalized spacial score (nSPS) is 16.8. The van der Waals surface area contributed by atoms with Crippen LogP contribution in [-0.2, 0) is 26.2 Å². The quantitative estimate of drug-likeness (QED) is 0.711. The Morgan fingerprint density at radius 2 is 1.71 bits per heavy atom. The molecular formula is C13H17N3O4S. The number of imide groups is 1. The highest BCUT2D eigenvalue weighted by Gasteiger charge is 2.32. The van der Waals surface area contributed by atoms with Crippen molar-refractivity contribution in [2.75, 3.05) is 19.6 Å². The predicted octanol–water partition coefficient (Wildman–Crippen LogP) is -0.557. The number of amides is 2. The molecule has 1 saturated heterocycles. The minimum absolute atomic E-state index is 0.0743. The van der Waals surface area contributed by atoms with Gasteiger partial charge < -0.3 is 5.32 Å². The van der Waals surface area contributed by atoms with Crippen LogP contribution < -0.4 is 10.6 Å². The van der Waals surface area contributed by atoms with E-state index in [2.05, 4.69) is 10.6 Å². The monoisotopic (exact) mass is 311 g/mol. The van der Waals surface area contributed by atoms with Crippen LogP contribution in [-0.4, -0.2) is 44.2 Å². The molecule has 1 aromatic carbocycles. The summed E-state index contributed by atoms with van der Waals surface area (Å²) in [5.74, 6) is -1.22. The van der Waals surface area contributed by atoms with Crippen LogP contribution in [0.5, 0.6) is 0 Å². The average molecular weight is 311 g/mol. The van der Waals surface area contributed by atoms with E-state index in [1.165, 1.54) is 12.1 Å². The minimum Gasteiger partial charge on any atom is -0.313 e. The first-order valence-electron chi connectivity index (χ1n) is 6.56. The van der Waals surface area contributed by atoms with Gasteiger partial charge in [0.05, 0.1) is 18.0 Å². The number of carbonyl (C=O) groups is 2. The van der Waals surface area contributed by atoms with E-state index in [4.69, 9.17) is 0 Å². The topological polar surface area (TPSA) is 95.6 Å². The molecule has 1 fully saturated rings. The molecule has 0 aromatic heterocycles. The molecule has 2 rings (SSSR count). The zero-order valence-corrected chi connectivity index (χ0v) is 12.4. The van der Waals surface area contributed by atoms with Gasteiger partial charge in [0.1, 0.15) is 0 Å².